The fraction of sp³-hybridized carbons (Fsp3) is 0.208. The Morgan fingerprint density at radius 1 is 0.846 bits per heavy atom. The number of hydrogen-bond acceptors (Lipinski definition) is 2. The number of carbonyl (C=O) groups is 1. The van der Waals surface area contributed by atoms with E-state index in [1.807, 2.05) is 0 Å². The highest BCUT2D eigenvalue weighted by atomic mass is 16.5. The maximum absolute atomic E-state index is 11.0. The van der Waals surface area contributed by atoms with E-state index in [-0.39, 0.29) is 5.97 Å². The quantitative estimate of drug-likeness (QED) is 0.177. The van der Waals surface area contributed by atoms with E-state index in [0.717, 1.165) is 25.7 Å². The molecule has 2 nitrogen and oxygen atoms in total. The van der Waals surface area contributed by atoms with E-state index in [1.165, 1.54) is 44.0 Å². The van der Waals surface area contributed by atoms with Crippen LogP contribution in [0.5, 0.6) is 0 Å². The molecule has 0 amide bonds. The number of unbranched alkanes of at least 4 members (excludes halogenated alkanes) is 2. The van der Waals surface area contributed by atoms with Crippen LogP contribution in [0.4, 0.5) is 0 Å². The van der Waals surface area contributed by atoms with Crippen molar-refractivity contribution >= 4 is 38.3 Å². The van der Waals surface area contributed by atoms with Crippen molar-refractivity contribution < 1.29 is 9.53 Å². The molecule has 0 heterocycles. The second-order valence-corrected chi connectivity index (χ2v) is 6.76. The fourth-order valence-corrected chi connectivity index (χ4v) is 3.84. The van der Waals surface area contributed by atoms with Crippen molar-refractivity contribution in [1.29, 1.82) is 0 Å². The number of aryl methyl sites for hydroxylation is 1. The molecule has 0 bridgehead atoms. The van der Waals surface area contributed by atoms with Crippen LogP contribution in [-0.2, 0) is 16.0 Å². The highest BCUT2D eigenvalue weighted by molar-refractivity contribution is 6.23. The van der Waals surface area contributed by atoms with E-state index in [4.69, 9.17) is 4.74 Å². The summed E-state index contributed by atoms with van der Waals surface area (Å²) in [5.74, 6) is -0.336. The van der Waals surface area contributed by atoms with Gasteiger partial charge in [-0.15, -0.1) is 0 Å². The van der Waals surface area contributed by atoms with Gasteiger partial charge in [-0.1, -0.05) is 61.2 Å². The third-order valence-electron chi connectivity index (χ3n) is 5.12. The largest absolute Gasteiger partial charge is 0.463 e. The molecular weight excluding hydrogens is 320 g/mol. The van der Waals surface area contributed by atoms with Gasteiger partial charge in [0.25, 0.3) is 0 Å². The van der Waals surface area contributed by atoms with Gasteiger partial charge in [0.1, 0.15) is 0 Å². The average Bonchev–Trinajstić information content (AvgIpc) is 2.69. The Hall–Kier alpha value is -2.87. The Kier molecular flexibility index (Phi) is 4.57. The molecule has 26 heavy (non-hydrogen) atoms. The molecule has 0 aliphatic heterocycles. The molecule has 0 saturated carbocycles. The van der Waals surface area contributed by atoms with Crippen molar-refractivity contribution in [3.8, 4) is 0 Å². The van der Waals surface area contributed by atoms with Crippen molar-refractivity contribution in [2.24, 2.45) is 0 Å². The monoisotopic (exact) mass is 342 g/mol. The van der Waals surface area contributed by atoms with E-state index in [9.17, 15) is 4.79 Å². The summed E-state index contributed by atoms with van der Waals surface area (Å²) in [6, 6.07) is 20.0. The smallest absolute Gasteiger partial charge is 0.330 e. The number of ether oxygens (including phenoxy) is 1. The van der Waals surface area contributed by atoms with Crippen LogP contribution in [0.1, 0.15) is 24.8 Å². The van der Waals surface area contributed by atoms with Crippen LogP contribution in [0.25, 0.3) is 32.3 Å². The molecule has 0 aliphatic rings. The third-order valence-corrected chi connectivity index (χ3v) is 5.12. The molecular formula is C24H22O2. The Morgan fingerprint density at radius 3 is 2.31 bits per heavy atom. The van der Waals surface area contributed by atoms with Gasteiger partial charge in [0.2, 0.25) is 0 Å². The standard InChI is InChI=1S/C24H22O2/c1-2-22(25)26-16-5-3-4-7-17-10-11-20-13-12-18-8-6-9-19-14-15-21(17)24(20)23(18)19/h2,6,8-15H,1,3-5,7,16H2. The van der Waals surface area contributed by atoms with Crippen LogP contribution in [-0.4, -0.2) is 12.6 Å². The zero-order valence-electron chi connectivity index (χ0n) is 14.8. The molecule has 130 valence electrons. The number of hydrogen-bond donors (Lipinski definition) is 0. The Morgan fingerprint density at radius 2 is 1.54 bits per heavy atom. The second kappa shape index (κ2) is 7.17. The summed E-state index contributed by atoms with van der Waals surface area (Å²) >= 11 is 0. The molecule has 4 aromatic rings. The van der Waals surface area contributed by atoms with Gasteiger partial charge in [-0.3, -0.25) is 0 Å². The van der Waals surface area contributed by atoms with Gasteiger partial charge in [0.05, 0.1) is 6.61 Å². The summed E-state index contributed by atoms with van der Waals surface area (Å²) in [6.07, 6.45) is 5.29. The molecule has 0 radical (unpaired) electrons. The third kappa shape index (κ3) is 3.03. The van der Waals surface area contributed by atoms with E-state index in [1.54, 1.807) is 0 Å². The molecule has 0 aromatic heterocycles. The number of benzene rings is 4. The van der Waals surface area contributed by atoms with E-state index in [0.29, 0.717) is 6.61 Å². The summed E-state index contributed by atoms with van der Waals surface area (Å²) in [5.41, 5.74) is 1.40. The van der Waals surface area contributed by atoms with Crippen molar-refractivity contribution in [2.75, 3.05) is 6.61 Å². The van der Waals surface area contributed by atoms with Crippen molar-refractivity contribution in [3.63, 3.8) is 0 Å². The first-order chi connectivity index (χ1) is 12.8. The Balaban J connectivity index is 1.54. The minimum atomic E-state index is -0.336. The van der Waals surface area contributed by atoms with Gasteiger partial charge in [-0.2, -0.15) is 0 Å². The first-order valence-corrected chi connectivity index (χ1v) is 9.22. The van der Waals surface area contributed by atoms with Crippen LogP contribution in [0.2, 0.25) is 0 Å². The normalized spacial score (nSPS) is 11.4. The SMILES string of the molecule is C=CC(=O)OCCCCCc1ccc2ccc3cccc4ccc1c2c34. The van der Waals surface area contributed by atoms with Crippen LogP contribution in [0, 0.1) is 0 Å². The first kappa shape index (κ1) is 16.6. The van der Waals surface area contributed by atoms with Crippen LogP contribution in [0.3, 0.4) is 0 Å². The lowest BCUT2D eigenvalue weighted by atomic mass is 9.90. The topological polar surface area (TPSA) is 26.3 Å². The maximum Gasteiger partial charge on any atom is 0.330 e. The molecule has 2 heteroatoms. The van der Waals surface area contributed by atoms with Gasteiger partial charge in [0.15, 0.2) is 0 Å². The zero-order chi connectivity index (χ0) is 17.9. The highest BCUT2D eigenvalue weighted by Crippen LogP contribution is 2.36. The summed E-state index contributed by atoms with van der Waals surface area (Å²) in [7, 11) is 0. The van der Waals surface area contributed by atoms with Gasteiger partial charge in [0, 0.05) is 6.08 Å². The van der Waals surface area contributed by atoms with Gasteiger partial charge >= 0.3 is 5.97 Å². The molecule has 0 spiro atoms. The van der Waals surface area contributed by atoms with Crippen LogP contribution in [0.15, 0.2) is 67.3 Å². The molecule has 0 fully saturated rings. The van der Waals surface area contributed by atoms with Gasteiger partial charge in [-0.25, -0.2) is 4.79 Å². The molecule has 4 rings (SSSR count). The maximum atomic E-state index is 11.0. The Labute approximate surface area is 153 Å². The van der Waals surface area contributed by atoms with Gasteiger partial charge < -0.3 is 4.74 Å². The summed E-state index contributed by atoms with van der Waals surface area (Å²) in [5, 5.41) is 8.05. The molecule has 0 atom stereocenters. The molecule has 0 N–H and O–H groups in total. The minimum Gasteiger partial charge on any atom is -0.463 e. The van der Waals surface area contributed by atoms with E-state index in [2.05, 4.69) is 61.2 Å². The highest BCUT2D eigenvalue weighted by Gasteiger charge is 2.10. The second-order valence-electron chi connectivity index (χ2n) is 6.76. The zero-order valence-corrected chi connectivity index (χ0v) is 14.8. The van der Waals surface area contributed by atoms with Crippen LogP contribution < -0.4 is 0 Å². The number of carbonyl (C=O) groups excluding carboxylic acids is 1. The predicted octanol–water partition coefficient (Wildman–Crippen LogP) is 6.03. The van der Waals surface area contributed by atoms with Gasteiger partial charge in [-0.05, 0) is 63.6 Å². The first-order valence-electron chi connectivity index (χ1n) is 9.22. The van der Waals surface area contributed by atoms with Crippen molar-refractivity contribution in [2.45, 2.75) is 25.7 Å². The fourth-order valence-electron chi connectivity index (χ4n) is 3.84. The summed E-state index contributed by atoms with van der Waals surface area (Å²) < 4.78 is 5.03. The summed E-state index contributed by atoms with van der Waals surface area (Å²) in [4.78, 5) is 11.0. The number of rotatable bonds is 7. The lowest BCUT2D eigenvalue weighted by Gasteiger charge is -2.14. The Bertz CT molecular complexity index is 1060. The minimum absolute atomic E-state index is 0.336. The number of esters is 1. The van der Waals surface area contributed by atoms with Crippen molar-refractivity contribution in [1.82, 2.24) is 0 Å². The van der Waals surface area contributed by atoms with E-state index >= 15 is 0 Å². The van der Waals surface area contributed by atoms with Crippen LogP contribution >= 0.6 is 0 Å². The van der Waals surface area contributed by atoms with Crippen molar-refractivity contribution in [3.05, 3.63) is 72.8 Å². The lowest BCUT2D eigenvalue weighted by Crippen LogP contribution is -2.01. The van der Waals surface area contributed by atoms with E-state index < -0.39 is 0 Å². The molecule has 4 aromatic carbocycles. The molecule has 0 aliphatic carbocycles. The molecule has 0 saturated heterocycles. The predicted molar refractivity (Wildman–Crippen MR) is 109 cm³/mol. The average molecular weight is 342 g/mol. The lowest BCUT2D eigenvalue weighted by molar-refractivity contribution is -0.137. The summed E-state index contributed by atoms with van der Waals surface area (Å²) in [6.45, 7) is 3.88. The molecule has 0 unspecified atom stereocenters.